The molecule has 6 nitrogen and oxygen atoms in total. The summed E-state index contributed by atoms with van der Waals surface area (Å²) in [6.45, 7) is 1.73. The maximum absolute atomic E-state index is 12.8. The molecule has 1 aromatic rings. The predicted molar refractivity (Wildman–Crippen MR) is 118 cm³/mol. The molecule has 29 heavy (non-hydrogen) atoms. The Balaban J connectivity index is 0.00000300. The summed E-state index contributed by atoms with van der Waals surface area (Å²) in [6.07, 6.45) is 8.90. The molecule has 0 spiro atoms. The number of amides is 1. The van der Waals surface area contributed by atoms with Gasteiger partial charge in [-0.05, 0) is 48.8 Å². The third-order valence-electron chi connectivity index (χ3n) is 6.10. The summed E-state index contributed by atoms with van der Waals surface area (Å²) < 4.78 is 0. The zero-order chi connectivity index (χ0) is 20.0. The summed E-state index contributed by atoms with van der Waals surface area (Å²) in [5, 5.41) is 18.2. The minimum Gasteiger partial charge on any atom is -0.480 e. The number of carboxylic acid groups (broad SMARTS) is 1. The molecular formula is C22H34ClN3O3. The van der Waals surface area contributed by atoms with Crippen molar-refractivity contribution in [3.63, 3.8) is 0 Å². The van der Waals surface area contributed by atoms with Crippen LogP contribution in [0.15, 0.2) is 18.2 Å². The first kappa shape index (κ1) is 23.5. The molecule has 0 heterocycles. The van der Waals surface area contributed by atoms with E-state index in [0.717, 1.165) is 18.2 Å². The Morgan fingerprint density at radius 2 is 1.90 bits per heavy atom. The van der Waals surface area contributed by atoms with Gasteiger partial charge in [-0.15, -0.1) is 0 Å². The third kappa shape index (κ3) is 6.61. The number of carbonyl (C=O) groups is 2. The van der Waals surface area contributed by atoms with Gasteiger partial charge < -0.3 is 21.1 Å². The van der Waals surface area contributed by atoms with Gasteiger partial charge in [0.05, 0.1) is 17.1 Å². The van der Waals surface area contributed by atoms with Crippen LogP contribution < -0.4 is 16.0 Å². The van der Waals surface area contributed by atoms with Gasteiger partial charge in [-0.1, -0.05) is 44.7 Å². The molecule has 2 bridgehead atoms. The molecule has 0 aliphatic heterocycles. The second-order valence-electron chi connectivity index (χ2n) is 8.23. The minimum atomic E-state index is -0.882. The summed E-state index contributed by atoms with van der Waals surface area (Å²) in [4.78, 5) is 23.3. The van der Waals surface area contributed by atoms with Gasteiger partial charge in [0.25, 0.3) is 5.91 Å². The van der Waals surface area contributed by atoms with Crippen molar-refractivity contribution in [2.75, 3.05) is 31.5 Å². The summed E-state index contributed by atoms with van der Waals surface area (Å²) in [5.41, 5.74) is 1.54. The maximum atomic E-state index is 12.8. The lowest BCUT2D eigenvalue weighted by Gasteiger charge is -2.45. The van der Waals surface area contributed by atoms with Crippen LogP contribution in [-0.2, 0) is 4.79 Å². The number of benzene rings is 1. The van der Waals surface area contributed by atoms with Crippen molar-refractivity contribution < 1.29 is 14.7 Å². The van der Waals surface area contributed by atoms with E-state index in [1.165, 1.54) is 44.9 Å². The topological polar surface area (TPSA) is 90.5 Å². The van der Waals surface area contributed by atoms with Crippen LogP contribution in [0.2, 0.25) is 5.02 Å². The number of fused-ring (bicyclic) bond motifs is 2. The molecular weight excluding hydrogens is 390 g/mol. The van der Waals surface area contributed by atoms with E-state index in [9.17, 15) is 9.59 Å². The van der Waals surface area contributed by atoms with Crippen molar-refractivity contribution in [1.29, 1.82) is 0 Å². The van der Waals surface area contributed by atoms with Crippen molar-refractivity contribution in [1.82, 2.24) is 10.6 Å². The molecule has 2 aliphatic carbocycles. The Labute approximate surface area is 178 Å². The lowest BCUT2D eigenvalue weighted by atomic mass is 9.62. The number of rotatable bonds is 9. The van der Waals surface area contributed by atoms with Gasteiger partial charge in [-0.2, -0.15) is 0 Å². The van der Waals surface area contributed by atoms with E-state index in [0.29, 0.717) is 23.7 Å². The predicted octanol–water partition coefficient (Wildman–Crippen LogP) is 4.15. The number of hydrogen-bond donors (Lipinski definition) is 4. The summed E-state index contributed by atoms with van der Waals surface area (Å²) in [5.74, 6) is -0.169. The van der Waals surface area contributed by atoms with Crippen molar-refractivity contribution in [3.05, 3.63) is 28.8 Å². The van der Waals surface area contributed by atoms with Crippen LogP contribution in [0, 0.1) is 11.3 Å². The van der Waals surface area contributed by atoms with Crippen molar-refractivity contribution >= 4 is 29.2 Å². The molecule has 0 radical (unpaired) electrons. The fourth-order valence-electron chi connectivity index (χ4n) is 4.73. The van der Waals surface area contributed by atoms with Crippen molar-refractivity contribution in [2.45, 2.75) is 52.4 Å². The lowest BCUT2D eigenvalue weighted by Crippen LogP contribution is -2.43. The van der Waals surface area contributed by atoms with Crippen LogP contribution in [0.25, 0.3) is 0 Å². The van der Waals surface area contributed by atoms with Gasteiger partial charge in [0.15, 0.2) is 0 Å². The first-order chi connectivity index (χ1) is 13.5. The second kappa shape index (κ2) is 10.8. The van der Waals surface area contributed by atoms with E-state index in [1.54, 1.807) is 12.1 Å². The van der Waals surface area contributed by atoms with Crippen LogP contribution in [0.3, 0.4) is 0 Å². The Kier molecular flexibility index (Phi) is 8.78. The molecule has 0 unspecified atom stereocenters. The zero-order valence-electron chi connectivity index (χ0n) is 16.2. The lowest BCUT2D eigenvalue weighted by molar-refractivity contribution is -0.135. The number of halogens is 1. The molecule has 2 aliphatic rings. The number of carbonyl (C=O) groups excluding carboxylic acids is 1. The Morgan fingerprint density at radius 3 is 2.59 bits per heavy atom. The monoisotopic (exact) mass is 423 g/mol. The molecule has 1 aromatic carbocycles. The van der Waals surface area contributed by atoms with E-state index < -0.39 is 5.97 Å². The van der Waals surface area contributed by atoms with Crippen LogP contribution in [-0.4, -0.2) is 43.2 Å². The zero-order valence-corrected chi connectivity index (χ0v) is 17.0. The van der Waals surface area contributed by atoms with Crippen LogP contribution in [0.1, 0.15) is 62.7 Å². The summed E-state index contributed by atoms with van der Waals surface area (Å²) >= 11 is 6.27. The van der Waals surface area contributed by atoms with Gasteiger partial charge in [0, 0.05) is 25.3 Å². The van der Waals surface area contributed by atoms with Gasteiger partial charge >= 0.3 is 5.97 Å². The molecule has 7 heteroatoms. The molecule has 1 amide bonds. The largest absolute Gasteiger partial charge is 0.480 e. The quantitative estimate of drug-likeness (QED) is 0.448. The summed E-state index contributed by atoms with van der Waals surface area (Å²) in [7, 11) is 0. The molecule has 0 atom stereocenters. The fraction of sp³-hybridized carbons (Fsp3) is 0.636. The molecule has 4 N–H and O–H groups in total. The van der Waals surface area contributed by atoms with Gasteiger partial charge in [0.1, 0.15) is 0 Å². The highest BCUT2D eigenvalue weighted by Crippen LogP contribution is 2.48. The standard InChI is InChI=1S/C21H30ClN3O3.CH4/c22-18-6-5-16(24-10-9-23-13-19(26)27)11-17(18)20(28)25-14-21-7-1-3-15(12-21)4-2-8-21;/h5-6,11,15,23-24H,1-4,7-10,12-14H2,(H,25,28)(H,26,27);1H4. The number of nitrogens with one attached hydrogen (secondary N) is 3. The molecule has 0 saturated heterocycles. The van der Waals surface area contributed by atoms with E-state index in [4.69, 9.17) is 16.7 Å². The van der Waals surface area contributed by atoms with Crippen LogP contribution in [0.4, 0.5) is 5.69 Å². The number of anilines is 1. The Bertz CT molecular complexity index is 701. The number of hydrogen-bond acceptors (Lipinski definition) is 4. The number of carboxylic acids is 1. The smallest absolute Gasteiger partial charge is 0.317 e. The SMILES string of the molecule is C.O=C(O)CNCCNc1ccc(Cl)c(C(=O)NCC23CCCC(CCC2)C3)c1. The van der Waals surface area contributed by atoms with Crippen LogP contribution in [0.5, 0.6) is 0 Å². The third-order valence-corrected chi connectivity index (χ3v) is 6.43. The molecule has 2 saturated carbocycles. The fourth-order valence-corrected chi connectivity index (χ4v) is 4.94. The normalized spacial score (nSPS) is 23.0. The Morgan fingerprint density at radius 1 is 1.17 bits per heavy atom. The maximum Gasteiger partial charge on any atom is 0.317 e. The minimum absolute atomic E-state index is 0. The van der Waals surface area contributed by atoms with E-state index in [-0.39, 0.29) is 25.3 Å². The molecule has 0 aromatic heterocycles. The average Bonchev–Trinajstić information content (AvgIpc) is 2.67. The highest BCUT2D eigenvalue weighted by Gasteiger charge is 2.39. The Hall–Kier alpha value is -1.79. The van der Waals surface area contributed by atoms with Gasteiger partial charge in [-0.25, -0.2) is 0 Å². The van der Waals surface area contributed by atoms with Crippen molar-refractivity contribution in [3.8, 4) is 0 Å². The van der Waals surface area contributed by atoms with Gasteiger partial charge in [0.2, 0.25) is 0 Å². The summed E-state index contributed by atoms with van der Waals surface area (Å²) in [6, 6.07) is 5.30. The van der Waals surface area contributed by atoms with Gasteiger partial charge in [-0.3, -0.25) is 9.59 Å². The molecule has 162 valence electrons. The number of aliphatic carboxylic acids is 1. The molecule has 3 rings (SSSR count). The van der Waals surface area contributed by atoms with Crippen molar-refractivity contribution in [2.24, 2.45) is 11.3 Å². The average molecular weight is 424 g/mol. The van der Waals surface area contributed by atoms with E-state index >= 15 is 0 Å². The van der Waals surface area contributed by atoms with Crippen LogP contribution >= 0.6 is 11.6 Å². The first-order valence-corrected chi connectivity index (χ1v) is 10.6. The highest BCUT2D eigenvalue weighted by molar-refractivity contribution is 6.34. The second-order valence-corrected chi connectivity index (χ2v) is 8.64. The van der Waals surface area contributed by atoms with E-state index in [2.05, 4.69) is 16.0 Å². The first-order valence-electron chi connectivity index (χ1n) is 10.2. The molecule has 2 fully saturated rings. The highest BCUT2D eigenvalue weighted by atomic mass is 35.5. The van der Waals surface area contributed by atoms with E-state index in [1.807, 2.05) is 6.07 Å².